The van der Waals surface area contributed by atoms with Crippen LogP contribution in [0.4, 0.5) is 0 Å². The molecule has 0 aliphatic carbocycles. The summed E-state index contributed by atoms with van der Waals surface area (Å²) in [5, 5.41) is 0.605. The summed E-state index contributed by atoms with van der Waals surface area (Å²) in [7, 11) is 0. The van der Waals surface area contributed by atoms with E-state index in [0.717, 1.165) is 11.3 Å². The second-order valence-corrected chi connectivity index (χ2v) is 5.43. The van der Waals surface area contributed by atoms with Gasteiger partial charge in [-0.1, -0.05) is 30.3 Å². The highest BCUT2D eigenvalue weighted by molar-refractivity contribution is 5.81. The lowest BCUT2D eigenvalue weighted by Crippen LogP contribution is -2.28. The molecule has 0 aliphatic rings. The Labute approximate surface area is 134 Å². The van der Waals surface area contributed by atoms with Gasteiger partial charge in [0.05, 0.1) is 22.6 Å². The molecule has 114 valence electrons. The number of rotatable bonds is 3. The number of terminal acetylenes is 1. The zero-order valence-electron chi connectivity index (χ0n) is 12.9. The van der Waals surface area contributed by atoms with E-state index in [1.54, 1.807) is 4.57 Å². The molecule has 0 saturated carbocycles. The number of hydrogen-bond acceptors (Lipinski definition) is 3. The first-order valence-corrected chi connectivity index (χ1v) is 7.40. The van der Waals surface area contributed by atoms with Gasteiger partial charge in [-0.25, -0.2) is 4.98 Å². The minimum Gasteiger partial charge on any atom is -0.321 e. The topological polar surface area (TPSA) is 60.9 Å². The van der Waals surface area contributed by atoms with Crippen LogP contribution in [0.1, 0.15) is 23.9 Å². The van der Waals surface area contributed by atoms with Crippen LogP contribution in [0, 0.1) is 19.3 Å². The molecule has 2 aromatic carbocycles. The van der Waals surface area contributed by atoms with Gasteiger partial charge in [0.1, 0.15) is 5.82 Å². The number of nitrogens with two attached hydrogens (primary N) is 1. The predicted octanol–water partition coefficient (Wildman–Crippen LogP) is 2.72. The monoisotopic (exact) mass is 303 g/mol. The fourth-order valence-corrected chi connectivity index (χ4v) is 2.71. The Bertz CT molecular complexity index is 952. The Kier molecular flexibility index (Phi) is 3.96. The Morgan fingerprint density at radius 1 is 1.22 bits per heavy atom. The van der Waals surface area contributed by atoms with Gasteiger partial charge in [0.2, 0.25) is 0 Å². The molecule has 0 unspecified atom stereocenters. The van der Waals surface area contributed by atoms with Crippen LogP contribution in [0.25, 0.3) is 16.6 Å². The molecule has 0 bridgehead atoms. The minimum atomic E-state index is -0.502. The number of nitrogens with zero attached hydrogens (tertiary/aromatic N) is 2. The standard InChI is InChI=1S/C19H17N3O/c1-3-8-15(20)18-21-16-12-7-9-13(2)17(16)19(23)22(18)14-10-5-4-6-11-14/h1,4-7,9-12,15H,8,20H2,2H3/t15-/m0/s1. The van der Waals surface area contributed by atoms with Gasteiger partial charge in [0.15, 0.2) is 0 Å². The third-order valence-electron chi connectivity index (χ3n) is 3.82. The number of aromatic nitrogens is 2. The van der Waals surface area contributed by atoms with Crippen LogP contribution in [-0.4, -0.2) is 9.55 Å². The van der Waals surface area contributed by atoms with E-state index in [1.165, 1.54) is 0 Å². The number of aryl methyl sites for hydroxylation is 1. The summed E-state index contributed by atoms with van der Waals surface area (Å²) in [4.78, 5) is 17.7. The fourth-order valence-electron chi connectivity index (χ4n) is 2.71. The van der Waals surface area contributed by atoms with Crippen molar-refractivity contribution in [2.75, 3.05) is 0 Å². The first kappa shape index (κ1) is 15.0. The zero-order valence-corrected chi connectivity index (χ0v) is 12.9. The van der Waals surface area contributed by atoms with Gasteiger partial charge in [-0.2, -0.15) is 0 Å². The van der Waals surface area contributed by atoms with Gasteiger partial charge in [-0.05, 0) is 30.7 Å². The maximum absolute atomic E-state index is 13.1. The van der Waals surface area contributed by atoms with Crippen molar-refractivity contribution in [3.8, 4) is 18.0 Å². The molecule has 1 aromatic heterocycles. The lowest BCUT2D eigenvalue weighted by Gasteiger charge is -2.17. The molecule has 4 heteroatoms. The normalized spacial score (nSPS) is 12.0. The SMILES string of the molecule is C#CC[C@H](N)c1nc2cccc(C)c2c(=O)n1-c1ccccc1. The van der Waals surface area contributed by atoms with Crippen molar-refractivity contribution in [1.29, 1.82) is 0 Å². The van der Waals surface area contributed by atoms with E-state index < -0.39 is 6.04 Å². The van der Waals surface area contributed by atoms with Crippen molar-refractivity contribution in [3.63, 3.8) is 0 Å². The van der Waals surface area contributed by atoms with Gasteiger partial charge >= 0.3 is 0 Å². The second kappa shape index (κ2) is 6.07. The molecule has 0 saturated heterocycles. The number of hydrogen-bond donors (Lipinski definition) is 1. The van der Waals surface area contributed by atoms with E-state index in [9.17, 15) is 4.79 Å². The average molecular weight is 303 g/mol. The molecule has 0 radical (unpaired) electrons. The third-order valence-corrected chi connectivity index (χ3v) is 3.82. The van der Waals surface area contributed by atoms with Crippen LogP contribution in [0.3, 0.4) is 0 Å². The smallest absolute Gasteiger partial charge is 0.266 e. The number of benzene rings is 2. The van der Waals surface area contributed by atoms with E-state index >= 15 is 0 Å². The van der Waals surface area contributed by atoms with E-state index in [-0.39, 0.29) is 5.56 Å². The minimum absolute atomic E-state index is 0.123. The second-order valence-electron chi connectivity index (χ2n) is 5.43. The van der Waals surface area contributed by atoms with E-state index in [1.807, 2.05) is 55.5 Å². The molecular formula is C19H17N3O. The molecule has 23 heavy (non-hydrogen) atoms. The Morgan fingerprint density at radius 3 is 2.65 bits per heavy atom. The van der Waals surface area contributed by atoms with Crippen molar-refractivity contribution in [3.05, 3.63) is 70.3 Å². The predicted molar refractivity (Wildman–Crippen MR) is 92.5 cm³/mol. The molecule has 0 fully saturated rings. The molecule has 1 heterocycles. The Hall–Kier alpha value is -2.90. The maximum Gasteiger partial charge on any atom is 0.266 e. The Balaban J connectivity index is 2.41. The van der Waals surface area contributed by atoms with Crippen LogP contribution >= 0.6 is 0 Å². The largest absolute Gasteiger partial charge is 0.321 e. The molecule has 1 atom stereocenters. The van der Waals surface area contributed by atoms with Crippen LogP contribution in [-0.2, 0) is 0 Å². The van der Waals surface area contributed by atoms with Gasteiger partial charge in [-0.15, -0.1) is 12.3 Å². The van der Waals surface area contributed by atoms with E-state index in [2.05, 4.69) is 10.9 Å². The molecule has 2 N–H and O–H groups in total. The summed E-state index contributed by atoms with van der Waals surface area (Å²) >= 11 is 0. The number of para-hydroxylation sites is 1. The summed E-state index contributed by atoms with van der Waals surface area (Å²) in [5.74, 6) is 3.03. The number of fused-ring (bicyclic) bond motifs is 1. The first-order valence-electron chi connectivity index (χ1n) is 7.40. The summed E-state index contributed by atoms with van der Waals surface area (Å²) in [6, 6.07) is 14.5. The highest BCUT2D eigenvalue weighted by Gasteiger charge is 2.18. The molecular weight excluding hydrogens is 286 g/mol. The van der Waals surface area contributed by atoms with Gasteiger partial charge in [0, 0.05) is 6.42 Å². The van der Waals surface area contributed by atoms with Crippen LogP contribution < -0.4 is 11.3 Å². The molecule has 0 amide bonds. The summed E-state index contributed by atoms with van der Waals surface area (Å²) in [6.07, 6.45) is 5.70. The highest BCUT2D eigenvalue weighted by atomic mass is 16.1. The maximum atomic E-state index is 13.1. The zero-order chi connectivity index (χ0) is 16.4. The lowest BCUT2D eigenvalue weighted by atomic mass is 10.1. The molecule has 0 aliphatic heterocycles. The van der Waals surface area contributed by atoms with Crippen LogP contribution in [0.5, 0.6) is 0 Å². The van der Waals surface area contributed by atoms with Crippen molar-refractivity contribution in [2.45, 2.75) is 19.4 Å². The Morgan fingerprint density at radius 2 is 1.96 bits per heavy atom. The van der Waals surface area contributed by atoms with Crippen molar-refractivity contribution in [2.24, 2.45) is 5.73 Å². The first-order chi connectivity index (χ1) is 11.1. The molecule has 3 aromatic rings. The van der Waals surface area contributed by atoms with Crippen molar-refractivity contribution >= 4 is 10.9 Å². The van der Waals surface area contributed by atoms with Crippen molar-refractivity contribution < 1.29 is 0 Å². The molecule has 0 spiro atoms. The molecule has 4 nitrogen and oxygen atoms in total. The van der Waals surface area contributed by atoms with Crippen molar-refractivity contribution in [1.82, 2.24) is 9.55 Å². The summed E-state index contributed by atoms with van der Waals surface area (Å²) in [5.41, 5.74) is 8.32. The lowest BCUT2D eigenvalue weighted by molar-refractivity contribution is 0.658. The van der Waals surface area contributed by atoms with Crippen LogP contribution in [0.15, 0.2) is 53.3 Å². The summed E-state index contributed by atoms with van der Waals surface area (Å²) in [6.45, 7) is 1.90. The van der Waals surface area contributed by atoms with Gasteiger partial charge in [-0.3, -0.25) is 9.36 Å². The van der Waals surface area contributed by atoms with E-state index in [4.69, 9.17) is 12.2 Å². The molecule has 3 rings (SSSR count). The fraction of sp³-hybridized carbons (Fsp3) is 0.158. The third kappa shape index (κ3) is 2.63. The average Bonchev–Trinajstić information content (AvgIpc) is 2.55. The quantitative estimate of drug-likeness (QED) is 0.757. The van der Waals surface area contributed by atoms with E-state index in [0.29, 0.717) is 23.1 Å². The van der Waals surface area contributed by atoms with Gasteiger partial charge < -0.3 is 5.73 Å². The van der Waals surface area contributed by atoms with Gasteiger partial charge in [0.25, 0.3) is 5.56 Å². The van der Waals surface area contributed by atoms with Crippen LogP contribution in [0.2, 0.25) is 0 Å². The summed E-state index contributed by atoms with van der Waals surface area (Å²) < 4.78 is 1.57. The highest BCUT2D eigenvalue weighted by Crippen LogP contribution is 2.20.